The summed E-state index contributed by atoms with van der Waals surface area (Å²) in [6, 6.07) is 0.530. The number of amides is 1. The number of alkyl halides is 6. The molecule has 0 spiro atoms. The minimum absolute atomic E-state index is 0.00367. The van der Waals surface area contributed by atoms with Crippen molar-refractivity contribution < 1.29 is 39.6 Å². The number of nitrogens with zero attached hydrogens (tertiary/aromatic N) is 3. The van der Waals surface area contributed by atoms with Crippen LogP contribution in [-0.4, -0.2) is 46.6 Å². The minimum Gasteiger partial charge on any atom is -0.288 e. The Balaban J connectivity index is 1.72. The molecule has 174 valence electrons. The second-order valence-electron chi connectivity index (χ2n) is 6.89. The molecular formula is C17H15F6N5O3S. The fourth-order valence-corrected chi connectivity index (χ4v) is 4.50. The van der Waals surface area contributed by atoms with Gasteiger partial charge in [-0.1, -0.05) is 0 Å². The van der Waals surface area contributed by atoms with Gasteiger partial charge >= 0.3 is 12.4 Å². The van der Waals surface area contributed by atoms with Gasteiger partial charge in [-0.25, -0.2) is 23.5 Å². The predicted octanol–water partition coefficient (Wildman–Crippen LogP) is 2.26. The molecule has 8 nitrogen and oxygen atoms in total. The van der Waals surface area contributed by atoms with Crippen molar-refractivity contribution in [1.29, 1.82) is 0 Å². The summed E-state index contributed by atoms with van der Waals surface area (Å²) in [5.74, 6) is -1.23. The Hall–Kier alpha value is -2.94. The number of hydrazine groups is 1. The number of hydrogen-bond donors (Lipinski definition) is 2. The Morgan fingerprint density at radius 3 is 2.25 bits per heavy atom. The van der Waals surface area contributed by atoms with Crippen molar-refractivity contribution in [3.05, 3.63) is 41.7 Å². The standard InChI is InChI=1S/C17H15F6N5O3S/c18-16(19,20)11-5-10(6-12(7-11)17(21,22)23)15-24-9-28(27-15)3-1-14(29)26-25-13-2-4-32(30,31)8-13/h1,3,5-7,9,13,25H,2,4,8H2,(H,26,29). The number of aromatic nitrogens is 3. The van der Waals surface area contributed by atoms with Crippen molar-refractivity contribution in [3.63, 3.8) is 0 Å². The van der Waals surface area contributed by atoms with E-state index in [0.29, 0.717) is 18.6 Å². The third-order valence-corrected chi connectivity index (χ3v) is 6.13. The second kappa shape index (κ2) is 8.54. The van der Waals surface area contributed by atoms with E-state index in [1.54, 1.807) is 0 Å². The van der Waals surface area contributed by atoms with E-state index in [1.165, 1.54) is 0 Å². The highest BCUT2D eigenvalue weighted by atomic mass is 32.2. The molecule has 1 atom stereocenters. The van der Waals surface area contributed by atoms with Gasteiger partial charge in [0.1, 0.15) is 6.33 Å². The zero-order valence-electron chi connectivity index (χ0n) is 15.9. The van der Waals surface area contributed by atoms with E-state index < -0.39 is 56.7 Å². The highest BCUT2D eigenvalue weighted by Gasteiger charge is 2.37. The van der Waals surface area contributed by atoms with Crippen LogP contribution >= 0.6 is 0 Å². The van der Waals surface area contributed by atoms with Gasteiger partial charge in [0.05, 0.1) is 22.6 Å². The van der Waals surface area contributed by atoms with E-state index >= 15 is 0 Å². The smallest absolute Gasteiger partial charge is 0.288 e. The second-order valence-corrected chi connectivity index (χ2v) is 9.12. The minimum atomic E-state index is -5.01. The lowest BCUT2D eigenvalue weighted by molar-refractivity contribution is -0.143. The Morgan fingerprint density at radius 1 is 1.09 bits per heavy atom. The van der Waals surface area contributed by atoms with Gasteiger partial charge in [-0.3, -0.25) is 10.2 Å². The molecule has 15 heteroatoms. The first-order chi connectivity index (χ1) is 14.7. The molecule has 1 aliphatic heterocycles. The molecule has 0 aliphatic carbocycles. The lowest BCUT2D eigenvalue weighted by Gasteiger charge is -2.13. The number of benzene rings is 1. The number of carbonyl (C=O) groups excluding carboxylic acids is 1. The first-order valence-electron chi connectivity index (χ1n) is 8.88. The van der Waals surface area contributed by atoms with Gasteiger partial charge in [-0.15, -0.1) is 5.10 Å². The molecule has 1 aromatic heterocycles. The van der Waals surface area contributed by atoms with E-state index in [2.05, 4.69) is 20.9 Å². The molecular weight excluding hydrogens is 468 g/mol. The van der Waals surface area contributed by atoms with E-state index in [9.17, 15) is 39.6 Å². The quantitative estimate of drug-likeness (QED) is 0.384. The molecule has 2 heterocycles. The Kier molecular flexibility index (Phi) is 6.33. The van der Waals surface area contributed by atoms with Gasteiger partial charge < -0.3 is 0 Å². The molecule has 0 radical (unpaired) electrons. The van der Waals surface area contributed by atoms with Crippen LogP contribution in [-0.2, 0) is 27.0 Å². The van der Waals surface area contributed by atoms with Crippen molar-refractivity contribution in [2.45, 2.75) is 24.8 Å². The summed E-state index contributed by atoms with van der Waals surface area (Å²) >= 11 is 0. The fraction of sp³-hybridized carbons (Fsp3) is 0.353. The van der Waals surface area contributed by atoms with E-state index in [0.717, 1.165) is 23.3 Å². The van der Waals surface area contributed by atoms with Crippen LogP contribution in [0, 0.1) is 0 Å². The summed E-state index contributed by atoms with van der Waals surface area (Å²) in [4.78, 5) is 15.5. The first-order valence-corrected chi connectivity index (χ1v) is 10.7. The highest BCUT2D eigenvalue weighted by Crippen LogP contribution is 2.38. The number of halogens is 6. The summed E-state index contributed by atoms with van der Waals surface area (Å²) in [7, 11) is -3.14. The van der Waals surface area contributed by atoms with Gasteiger partial charge in [0.25, 0.3) is 5.91 Å². The molecule has 0 bridgehead atoms. The summed E-state index contributed by atoms with van der Waals surface area (Å²) in [5.41, 5.74) is 1.31. The van der Waals surface area contributed by atoms with Crippen LogP contribution in [0.25, 0.3) is 17.6 Å². The number of rotatable bonds is 5. The molecule has 32 heavy (non-hydrogen) atoms. The van der Waals surface area contributed by atoms with Gasteiger partial charge in [0.15, 0.2) is 15.7 Å². The third-order valence-electron chi connectivity index (χ3n) is 4.36. The van der Waals surface area contributed by atoms with Gasteiger partial charge in [-0.05, 0) is 24.6 Å². The van der Waals surface area contributed by atoms with Crippen LogP contribution in [0.4, 0.5) is 26.3 Å². The van der Waals surface area contributed by atoms with Crippen LogP contribution in [0.3, 0.4) is 0 Å². The third kappa shape index (κ3) is 6.06. The molecule has 1 saturated heterocycles. The maximum atomic E-state index is 13.0. The van der Waals surface area contributed by atoms with Crippen LogP contribution in [0.15, 0.2) is 30.6 Å². The summed E-state index contributed by atoms with van der Waals surface area (Å²) < 4.78 is 102. The summed E-state index contributed by atoms with van der Waals surface area (Å²) in [5, 5.41) is 3.76. The lowest BCUT2D eigenvalue weighted by atomic mass is 10.0. The van der Waals surface area contributed by atoms with E-state index in [4.69, 9.17) is 0 Å². The van der Waals surface area contributed by atoms with Gasteiger partial charge in [0.2, 0.25) is 0 Å². The van der Waals surface area contributed by atoms with E-state index in [1.807, 2.05) is 0 Å². The average Bonchev–Trinajstić information content (AvgIpc) is 3.29. The SMILES string of the molecule is O=C(C=Cn1cnc(-c2cc(C(F)(F)F)cc(C(F)(F)F)c2)n1)NNC1CCS(=O)(=O)C1. The number of carbonyl (C=O) groups is 1. The summed E-state index contributed by atoms with van der Waals surface area (Å²) in [6.45, 7) is 0. The van der Waals surface area contributed by atoms with Crippen LogP contribution in [0.1, 0.15) is 17.5 Å². The fourth-order valence-electron chi connectivity index (χ4n) is 2.83. The molecule has 1 unspecified atom stereocenters. The molecule has 1 aromatic carbocycles. The molecule has 1 aliphatic rings. The zero-order valence-corrected chi connectivity index (χ0v) is 16.7. The lowest BCUT2D eigenvalue weighted by Crippen LogP contribution is -2.44. The maximum Gasteiger partial charge on any atom is 0.416 e. The average molecular weight is 483 g/mol. The van der Waals surface area contributed by atoms with Crippen LogP contribution in [0.5, 0.6) is 0 Å². The molecule has 0 saturated carbocycles. The monoisotopic (exact) mass is 483 g/mol. The number of hydrogen-bond acceptors (Lipinski definition) is 6. The Bertz CT molecular complexity index is 1110. The Labute approximate surface area is 177 Å². The number of sulfone groups is 1. The predicted molar refractivity (Wildman–Crippen MR) is 99.1 cm³/mol. The maximum absolute atomic E-state index is 13.0. The highest BCUT2D eigenvalue weighted by molar-refractivity contribution is 7.91. The van der Waals surface area contributed by atoms with E-state index in [-0.39, 0.29) is 17.6 Å². The van der Waals surface area contributed by atoms with Gasteiger partial charge in [0, 0.05) is 23.9 Å². The first kappa shape index (κ1) is 23.7. The molecule has 2 aromatic rings. The molecule has 1 amide bonds. The van der Waals surface area contributed by atoms with Crippen LogP contribution < -0.4 is 10.9 Å². The van der Waals surface area contributed by atoms with Crippen molar-refractivity contribution in [2.75, 3.05) is 11.5 Å². The topological polar surface area (TPSA) is 106 Å². The summed E-state index contributed by atoms with van der Waals surface area (Å²) in [6.07, 6.45) is -6.68. The molecule has 1 fully saturated rings. The zero-order chi connectivity index (χ0) is 23.7. The normalized spacial score (nSPS) is 18.9. The molecule has 2 N–H and O–H groups in total. The molecule has 3 rings (SSSR count). The van der Waals surface area contributed by atoms with Crippen molar-refractivity contribution >= 4 is 21.9 Å². The number of nitrogens with one attached hydrogen (secondary N) is 2. The van der Waals surface area contributed by atoms with Crippen LogP contribution in [0.2, 0.25) is 0 Å². The van der Waals surface area contributed by atoms with Crippen molar-refractivity contribution in [2.24, 2.45) is 0 Å². The largest absolute Gasteiger partial charge is 0.416 e. The Morgan fingerprint density at radius 2 is 1.72 bits per heavy atom. The van der Waals surface area contributed by atoms with Crippen molar-refractivity contribution in [1.82, 2.24) is 25.6 Å². The van der Waals surface area contributed by atoms with Gasteiger partial charge in [-0.2, -0.15) is 26.3 Å². The van der Waals surface area contributed by atoms with Crippen molar-refractivity contribution in [3.8, 4) is 11.4 Å².